The predicted molar refractivity (Wildman–Crippen MR) is 85.8 cm³/mol. The summed E-state index contributed by atoms with van der Waals surface area (Å²) in [4.78, 5) is 18.2. The Bertz CT molecular complexity index is 725. The van der Waals surface area contributed by atoms with E-state index in [9.17, 15) is 0 Å². The number of rotatable bonds is 5. The van der Waals surface area contributed by atoms with E-state index in [1.807, 2.05) is 11.4 Å². The molecule has 0 unspecified atom stereocenters. The zero-order valence-corrected chi connectivity index (χ0v) is 13.5. The van der Waals surface area contributed by atoms with Crippen molar-refractivity contribution < 1.29 is 0 Å². The maximum Gasteiger partial charge on any atom is 0.241 e. The minimum absolute atomic E-state index is 0.501. The Labute approximate surface area is 133 Å². The molecule has 0 saturated carbocycles. The first-order valence-electron chi connectivity index (χ1n) is 6.14. The lowest BCUT2D eigenvalue weighted by Crippen LogP contribution is -2.10. The molecule has 0 aliphatic rings. The maximum absolute atomic E-state index is 4.39. The van der Waals surface area contributed by atoms with E-state index in [0.717, 1.165) is 4.47 Å². The predicted octanol–water partition coefficient (Wildman–Crippen LogP) is 2.54. The van der Waals surface area contributed by atoms with Crippen molar-refractivity contribution in [3.63, 3.8) is 0 Å². The zero-order valence-electron chi connectivity index (χ0n) is 11.1. The van der Waals surface area contributed by atoms with Crippen LogP contribution in [0.5, 0.6) is 0 Å². The second-order valence-electron chi connectivity index (χ2n) is 4.05. The fourth-order valence-corrected chi connectivity index (χ4v) is 3.09. The van der Waals surface area contributed by atoms with Crippen LogP contribution < -0.4 is 10.6 Å². The van der Waals surface area contributed by atoms with E-state index in [2.05, 4.69) is 46.5 Å². The van der Waals surface area contributed by atoms with Gasteiger partial charge in [0.1, 0.15) is 6.33 Å². The van der Waals surface area contributed by atoms with Gasteiger partial charge in [-0.3, -0.25) is 4.57 Å². The average Bonchev–Trinajstić information content (AvgIpc) is 3.16. The summed E-state index contributed by atoms with van der Waals surface area (Å²) in [5.74, 6) is 1.53. The van der Waals surface area contributed by atoms with E-state index in [1.54, 1.807) is 41.7 Å². The molecule has 108 valence electrons. The topological polar surface area (TPSA) is 80.5 Å². The second-order valence-corrected chi connectivity index (χ2v) is 5.90. The van der Waals surface area contributed by atoms with Crippen LogP contribution in [0.3, 0.4) is 0 Å². The molecule has 0 atom stereocenters. The SMILES string of the molecule is CNc1nc(NCc2sccc2Br)nc(-n2ccnc2)n1. The van der Waals surface area contributed by atoms with Crippen LogP contribution in [-0.4, -0.2) is 31.6 Å². The number of halogens is 1. The highest BCUT2D eigenvalue weighted by molar-refractivity contribution is 9.10. The molecule has 21 heavy (non-hydrogen) atoms. The monoisotopic (exact) mass is 365 g/mol. The summed E-state index contributed by atoms with van der Waals surface area (Å²) in [5, 5.41) is 8.17. The lowest BCUT2D eigenvalue weighted by atomic mass is 10.5. The first kappa shape index (κ1) is 14.0. The highest BCUT2D eigenvalue weighted by Gasteiger charge is 2.08. The summed E-state index contributed by atoms with van der Waals surface area (Å²) >= 11 is 5.18. The molecule has 0 saturated heterocycles. The van der Waals surface area contributed by atoms with Gasteiger partial charge in [0.05, 0.1) is 6.54 Å². The Kier molecular flexibility index (Phi) is 4.11. The molecule has 0 fully saturated rings. The van der Waals surface area contributed by atoms with Crippen molar-refractivity contribution >= 4 is 39.2 Å². The third kappa shape index (κ3) is 3.19. The van der Waals surface area contributed by atoms with Gasteiger partial charge >= 0.3 is 0 Å². The molecule has 3 aromatic heterocycles. The highest BCUT2D eigenvalue weighted by Crippen LogP contribution is 2.23. The first-order chi connectivity index (χ1) is 10.3. The minimum atomic E-state index is 0.501. The molecule has 0 bridgehead atoms. The van der Waals surface area contributed by atoms with Crippen LogP contribution >= 0.6 is 27.3 Å². The third-order valence-corrected chi connectivity index (χ3v) is 4.61. The molecule has 3 heterocycles. The van der Waals surface area contributed by atoms with Crippen molar-refractivity contribution in [2.45, 2.75) is 6.54 Å². The van der Waals surface area contributed by atoms with Crippen LogP contribution in [0.4, 0.5) is 11.9 Å². The molecule has 3 rings (SSSR count). The Morgan fingerprint density at radius 1 is 1.29 bits per heavy atom. The summed E-state index contributed by atoms with van der Waals surface area (Å²) < 4.78 is 2.81. The Morgan fingerprint density at radius 3 is 2.81 bits per heavy atom. The first-order valence-corrected chi connectivity index (χ1v) is 7.81. The standard InChI is InChI=1S/C12H12BrN7S/c1-14-10-17-11(16-6-9-8(13)2-5-21-9)19-12(18-10)20-4-3-15-7-20/h2-5,7H,6H2,1H3,(H2,14,16,17,18,19). The Morgan fingerprint density at radius 2 is 2.14 bits per heavy atom. The zero-order chi connectivity index (χ0) is 14.7. The van der Waals surface area contributed by atoms with Gasteiger partial charge in [-0.05, 0) is 27.4 Å². The second kappa shape index (κ2) is 6.19. The summed E-state index contributed by atoms with van der Waals surface area (Å²) in [5.41, 5.74) is 0. The van der Waals surface area contributed by atoms with Crippen LogP contribution in [0.1, 0.15) is 4.88 Å². The van der Waals surface area contributed by atoms with Gasteiger partial charge in [0, 0.05) is 28.8 Å². The molecule has 0 amide bonds. The fourth-order valence-electron chi connectivity index (χ4n) is 1.66. The lowest BCUT2D eigenvalue weighted by molar-refractivity contribution is 0.892. The Hall–Kier alpha value is -2.00. The summed E-state index contributed by atoms with van der Waals surface area (Å²) in [6.45, 7) is 0.648. The van der Waals surface area contributed by atoms with E-state index < -0.39 is 0 Å². The number of thiophene rings is 1. The van der Waals surface area contributed by atoms with E-state index >= 15 is 0 Å². The smallest absolute Gasteiger partial charge is 0.241 e. The van der Waals surface area contributed by atoms with E-state index in [4.69, 9.17) is 0 Å². The van der Waals surface area contributed by atoms with Gasteiger partial charge in [-0.1, -0.05) is 0 Å². The molecule has 9 heteroatoms. The molecule has 0 radical (unpaired) electrons. The van der Waals surface area contributed by atoms with Gasteiger partial charge in [0.25, 0.3) is 0 Å². The number of nitrogens with one attached hydrogen (secondary N) is 2. The van der Waals surface area contributed by atoms with Gasteiger partial charge in [-0.2, -0.15) is 15.0 Å². The summed E-state index contributed by atoms with van der Waals surface area (Å²) in [6.07, 6.45) is 5.11. The minimum Gasteiger partial charge on any atom is -0.357 e. The average molecular weight is 366 g/mol. The quantitative estimate of drug-likeness (QED) is 0.722. The molecule has 2 N–H and O–H groups in total. The van der Waals surface area contributed by atoms with Crippen molar-refractivity contribution in [1.29, 1.82) is 0 Å². The van der Waals surface area contributed by atoms with Crippen LogP contribution in [0, 0.1) is 0 Å². The highest BCUT2D eigenvalue weighted by atomic mass is 79.9. The largest absolute Gasteiger partial charge is 0.357 e. The Balaban J connectivity index is 1.84. The molecule has 0 aromatic carbocycles. The normalized spacial score (nSPS) is 10.6. The number of anilines is 2. The molecule has 0 aliphatic heterocycles. The van der Waals surface area contributed by atoms with Crippen LogP contribution in [0.2, 0.25) is 0 Å². The molecule has 0 aliphatic carbocycles. The van der Waals surface area contributed by atoms with Gasteiger partial charge in [0.15, 0.2) is 0 Å². The van der Waals surface area contributed by atoms with E-state index in [-0.39, 0.29) is 0 Å². The molecular weight excluding hydrogens is 354 g/mol. The number of nitrogens with zero attached hydrogens (tertiary/aromatic N) is 5. The molecular formula is C12H12BrN7S. The van der Waals surface area contributed by atoms with Crippen molar-refractivity contribution in [2.75, 3.05) is 17.7 Å². The number of aromatic nitrogens is 5. The van der Waals surface area contributed by atoms with Gasteiger partial charge in [-0.25, -0.2) is 4.98 Å². The number of imidazole rings is 1. The number of hydrogen-bond donors (Lipinski definition) is 2. The maximum atomic E-state index is 4.39. The summed E-state index contributed by atoms with van der Waals surface area (Å²) in [7, 11) is 1.77. The molecule has 0 spiro atoms. The van der Waals surface area contributed by atoms with Crippen LogP contribution in [0.15, 0.2) is 34.6 Å². The number of hydrogen-bond acceptors (Lipinski definition) is 7. The molecule has 7 nitrogen and oxygen atoms in total. The van der Waals surface area contributed by atoms with Crippen molar-refractivity contribution in [1.82, 2.24) is 24.5 Å². The van der Waals surface area contributed by atoms with Gasteiger partial charge < -0.3 is 10.6 Å². The van der Waals surface area contributed by atoms with Gasteiger partial charge in [0.2, 0.25) is 17.8 Å². The third-order valence-electron chi connectivity index (χ3n) is 2.68. The van der Waals surface area contributed by atoms with Gasteiger partial charge in [-0.15, -0.1) is 11.3 Å². The van der Waals surface area contributed by atoms with E-state index in [0.29, 0.717) is 24.4 Å². The van der Waals surface area contributed by atoms with Crippen molar-refractivity contribution in [3.8, 4) is 5.95 Å². The van der Waals surface area contributed by atoms with E-state index in [1.165, 1.54) is 4.88 Å². The molecule has 3 aromatic rings. The van der Waals surface area contributed by atoms with Crippen molar-refractivity contribution in [2.24, 2.45) is 0 Å². The van der Waals surface area contributed by atoms with Crippen molar-refractivity contribution in [3.05, 3.63) is 39.5 Å². The van der Waals surface area contributed by atoms with Crippen LogP contribution in [0.25, 0.3) is 5.95 Å². The summed E-state index contributed by atoms with van der Waals surface area (Å²) in [6, 6.07) is 2.02. The lowest BCUT2D eigenvalue weighted by Gasteiger charge is -2.08. The van der Waals surface area contributed by atoms with Crippen LogP contribution in [-0.2, 0) is 6.54 Å². The fraction of sp³-hybridized carbons (Fsp3) is 0.167.